The number of rotatable bonds is 6. The number of carbonyl (C=O) groups is 1. The maximum absolute atomic E-state index is 13.7. The Hall–Kier alpha value is -2.24. The van der Waals surface area contributed by atoms with Crippen LogP contribution in [-0.2, 0) is 26.8 Å². The van der Waals surface area contributed by atoms with Crippen molar-refractivity contribution in [1.29, 1.82) is 0 Å². The van der Waals surface area contributed by atoms with Gasteiger partial charge in [0.05, 0.1) is 6.61 Å². The SMILES string of the molecule is CCOP(=O)(/C=C/c1ccccc1)N1Cc2ccccc2CC1C(=O)NO. The molecular formula is C20H23N2O4P. The summed E-state index contributed by atoms with van der Waals surface area (Å²) in [6.45, 7) is 2.30. The third-order valence-electron chi connectivity index (χ3n) is 4.56. The van der Waals surface area contributed by atoms with Crippen LogP contribution in [0.2, 0.25) is 0 Å². The van der Waals surface area contributed by atoms with Crippen molar-refractivity contribution >= 4 is 19.5 Å². The highest BCUT2D eigenvalue weighted by Gasteiger charge is 2.41. The molecule has 2 unspecified atom stereocenters. The zero-order chi connectivity index (χ0) is 19.3. The van der Waals surface area contributed by atoms with Gasteiger partial charge in [-0.15, -0.1) is 0 Å². The number of fused-ring (bicyclic) bond motifs is 1. The summed E-state index contributed by atoms with van der Waals surface area (Å²) in [5.74, 6) is 0.940. The third kappa shape index (κ3) is 4.37. The Morgan fingerprint density at radius 2 is 1.89 bits per heavy atom. The quantitative estimate of drug-likeness (QED) is 0.448. The van der Waals surface area contributed by atoms with Crippen LogP contribution in [-0.4, -0.2) is 28.4 Å². The molecule has 0 aliphatic carbocycles. The molecule has 0 saturated carbocycles. The Morgan fingerprint density at radius 1 is 1.22 bits per heavy atom. The number of amides is 1. The van der Waals surface area contributed by atoms with E-state index in [-0.39, 0.29) is 6.61 Å². The topological polar surface area (TPSA) is 78.9 Å². The van der Waals surface area contributed by atoms with E-state index < -0.39 is 19.5 Å². The van der Waals surface area contributed by atoms with Gasteiger partial charge in [-0.3, -0.25) is 14.6 Å². The maximum Gasteiger partial charge on any atom is 0.296 e. The first kappa shape index (κ1) is 19.5. The summed E-state index contributed by atoms with van der Waals surface area (Å²) in [7, 11) is -3.46. The van der Waals surface area contributed by atoms with E-state index in [9.17, 15) is 14.6 Å². The minimum atomic E-state index is -3.46. The van der Waals surface area contributed by atoms with E-state index >= 15 is 0 Å². The van der Waals surface area contributed by atoms with Crippen LogP contribution in [0.25, 0.3) is 6.08 Å². The first-order chi connectivity index (χ1) is 13.1. The fraction of sp³-hybridized carbons (Fsp3) is 0.250. The lowest BCUT2D eigenvalue weighted by Gasteiger charge is -2.38. The molecule has 1 aliphatic rings. The minimum Gasteiger partial charge on any atom is -0.315 e. The van der Waals surface area contributed by atoms with Gasteiger partial charge in [0.2, 0.25) is 0 Å². The molecule has 1 heterocycles. The molecule has 2 atom stereocenters. The number of nitrogens with zero attached hydrogens (tertiary/aromatic N) is 1. The molecule has 0 bridgehead atoms. The normalized spacial score (nSPS) is 19.4. The molecular weight excluding hydrogens is 363 g/mol. The van der Waals surface area contributed by atoms with E-state index in [1.807, 2.05) is 54.6 Å². The number of hydrogen-bond acceptors (Lipinski definition) is 4. The molecule has 0 saturated heterocycles. The Morgan fingerprint density at radius 3 is 2.56 bits per heavy atom. The molecule has 3 rings (SSSR count). The molecule has 142 valence electrons. The summed E-state index contributed by atoms with van der Waals surface area (Å²) < 4.78 is 21.0. The van der Waals surface area contributed by atoms with E-state index in [0.717, 1.165) is 16.7 Å². The maximum atomic E-state index is 13.7. The predicted molar refractivity (Wildman–Crippen MR) is 104 cm³/mol. The van der Waals surface area contributed by atoms with Crippen molar-refractivity contribution in [2.24, 2.45) is 0 Å². The first-order valence-electron chi connectivity index (χ1n) is 8.84. The van der Waals surface area contributed by atoms with Crippen molar-refractivity contribution in [2.45, 2.75) is 25.9 Å². The van der Waals surface area contributed by atoms with Crippen LogP contribution in [0.15, 0.2) is 60.4 Å². The summed E-state index contributed by atoms with van der Waals surface area (Å²) in [5.41, 5.74) is 4.58. The van der Waals surface area contributed by atoms with Crippen LogP contribution >= 0.6 is 7.52 Å². The van der Waals surface area contributed by atoms with Crippen LogP contribution in [0.5, 0.6) is 0 Å². The van der Waals surface area contributed by atoms with Crippen molar-refractivity contribution in [3.05, 3.63) is 77.1 Å². The summed E-state index contributed by atoms with van der Waals surface area (Å²) in [6, 6.07) is 16.4. The molecule has 0 aromatic heterocycles. The van der Waals surface area contributed by atoms with E-state index in [1.165, 1.54) is 5.82 Å². The molecule has 7 heteroatoms. The van der Waals surface area contributed by atoms with Gasteiger partial charge in [-0.1, -0.05) is 54.6 Å². The van der Waals surface area contributed by atoms with Crippen LogP contribution in [0.3, 0.4) is 0 Å². The second-order valence-corrected chi connectivity index (χ2v) is 8.47. The summed E-state index contributed by atoms with van der Waals surface area (Å²) >= 11 is 0. The molecule has 1 aliphatic heterocycles. The van der Waals surface area contributed by atoms with E-state index in [2.05, 4.69) is 0 Å². The van der Waals surface area contributed by atoms with Crippen molar-refractivity contribution in [3.63, 3.8) is 0 Å². The van der Waals surface area contributed by atoms with Crippen LogP contribution < -0.4 is 5.48 Å². The zero-order valence-electron chi connectivity index (χ0n) is 15.1. The van der Waals surface area contributed by atoms with E-state index in [0.29, 0.717) is 13.0 Å². The van der Waals surface area contributed by atoms with Gasteiger partial charge in [0.15, 0.2) is 0 Å². The molecule has 1 amide bonds. The Balaban J connectivity index is 1.99. The van der Waals surface area contributed by atoms with Crippen LogP contribution in [0.1, 0.15) is 23.6 Å². The Kier molecular flexibility index (Phi) is 6.24. The average molecular weight is 386 g/mol. The minimum absolute atomic E-state index is 0.238. The zero-order valence-corrected chi connectivity index (χ0v) is 16.0. The summed E-state index contributed by atoms with van der Waals surface area (Å²) in [4.78, 5) is 12.3. The fourth-order valence-corrected chi connectivity index (χ4v) is 5.30. The van der Waals surface area contributed by atoms with Gasteiger partial charge in [0, 0.05) is 12.4 Å². The Labute approximate surface area is 158 Å². The fourth-order valence-electron chi connectivity index (χ4n) is 3.24. The summed E-state index contributed by atoms with van der Waals surface area (Å²) in [6.07, 6.45) is 2.09. The van der Waals surface area contributed by atoms with Crippen molar-refractivity contribution < 1.29 is 19.1 Å². The van der Waals surface area contributed by atoms with Gasteiger partial charge >= 0.3 is 0 Å². The number of nitrogens with one attached hydrogen (secondary N) is 1. The molecule has 2 aromatic carbocycles. The van der Waals surface area contributed by atoms with Crippen molar-refractivity contribution in [3.8, 4) is 0 Å². The van der Waals surface area contributed by atoms with Crippen molar-refractivity contribution in [1.82, 2.24) is 10.2 Å². The second kappa shape index (κ2) is 8.63. The van der Waals surface area contributed by atoms with Gasteiger partial charge in [-0.2, -0.15) is 0 Å². The number of carbonyl (C=O) groups excluding carboxylic acids is 1. The second-order valence-electron chi connectivity index (χ2n) is 6.27. The highest BCUT2D eigenvalue weighted by atomic mass is 31.2. The van der Waals surface area contributed by atoms with Gasteiger partial charge < -0.3 is 4.52 Å². The lowest BCUT2D eigenvalue weighted by molar-refractivity contribution is -0.133. The monoisotopic (exact) mass is 386 g/mol. The predicted octanol–water partition coefficient (Wildman–Crippen LogP) is 3.82. The van der Waals surface area contributed by atoms with E-state index in [1.54, 1.807) is 23.2 Å². The molecule has 27 heavy (non-hydrogen) atoms. The van der Waals surface area contributed by atoms with Gasteiger partial charge in [-0.25, -0.2) is 10.2 Å². The first-order valence-corrected chi connectivity index (χ1v) is 10.5. The largest absolute Gasteiger partial charge is 0.315 e. The van der Waals surface area contributed by atoms with Crippen LogP contribution in [0.4, 0.5) is 0 Å². The average Bonchev–Trinajstić information content (AvgIpc) is 2.71. The number of hydroxylamine groups is 1. The highest BCUT2D eigenvalue weighted by molar-refractivity contribution is 7.60. The smallest absolute Gasteiger partial charge is 0.296 e. The molecule has 0 fully saturated rings. The highest BCUT2D eigenvalue weighted by Crippen LogP contribution is 2.56. The summed E-state index contributed by atoms with van der Waals surface area (Å²) in [5, 5.41) is 9.18. The molecule has 2 aromatic rings. The molecule has 0 spiro atoms. The van der Waals surface area contributed by atoms with Crippen LogP contribution in [0, 0.1) is 0 Å². The third-order valence-corrected chi connectivity index (χ3v) is 6.85. The van der Waals surface area contributed by atoms with Crippen molar-refractivity contribution in [2.75, 3.05) is 6.61 Å². The lowest BCUT2D eigenvalue weighted by Crippen LogP contribution is -2.48. The molecule has 2 N–H and O–H groups in total. The van der Waals surface area contributed by atoms with E-state index in [4.69, 9.17) is 4.52 Å². The standard InChI is InChI=1S/C20H23N2O4P/c1-2-26-27(25,13-12-16-8-4-3-5-9-16)22-15-18-11-7-6-10-17(18)14-19(22)20(23)21-24/h3-13,19,24H,2,14-15H2,1H3,(H,21,23)/b13-12+. The molecule has 6 nitrogen and oxygen atoms in total. The Bertz CT molecular complexity index is 869. The van der Waals surface area contributed by atoms with Gasteiger partial charge in [0.1, 0.15) is 6.04 Å². The van der Waals surface area contributed by atoms with Gasteiger partial charge in [-0.05, 0) is 36.1 Å². The van der Waals surface area contributed by atoms with Gasteiger partial charge in [0.25, 0.3) is 13.4 Å². The lowest BCUT2D eigenvalue weighted by atomic mass is 9.95. The molecule has 0 radical (unpaired) electrons. The number of benzene rings is 2. The number of hydrogen-bond donors (Lipinski definition) is 2.